The van der Waals surface area contributed by atoms with Gasteiger partial charge in [-0.1, -0.05) is 24.3 Å². The zero-order valence-corrected chi connectivity index (χ0v) is 14.8. The van der Waals surface area contributed by atoms with Gasteiger partial charge < -0.3 is 15.2 Å². The van der Waals surface area contributed by atoms with Gasteiger partial charge in [0, 0.05) is 23.7 Å². The summed E-state index contributed by atoms with van der Waals surface area (Å²) >= 11 is 6.03. The number of aromatic nitrogens is 3. The van der Waals surface area contributed by atoms with Gasteiger partial charge in [0.15, 0.2) is 0 Å². The van der Waals surface area contributed by atoms with Crippen LogP contribution in [0.2, 0.25) is 5.28 Å². The van der Waals surface area contributed by atoms with Gasteiger partial charge in [-0.2, -0.15) is 4.98 Å². The molecule has 2 N–H and O–H groups in total. The molecular formula is C18H22ClN5. The molecular weight excluding hydrogens is 322 g/mol. The Bertz CT molecular complexity index is 795. The van der Waals surface area contributed by atoms with Crippen LogP contribution in [0.1, 0.15) is 12.0 Å². The standard InChI is InChI=1S/C18H22ClN5/c1-24(2)11-3-9-20-12-13-4-6-14(7-5-13)16-15-8-10-21-17(15)23-18(19)22-16/h4-8,10,20H,3,9,11-12H2,1-2H3,(H,21,22,23). The average Bonchev–Trinajstić information content (AvgIpc) is 3.02. The molecule has 0 atom stereocenters. The molecule has 0 bridgehead atoms. The quantitative estimate of drug-likeness (QED) is 0.510. The first-order valence-electron chi connectivity index (χ1n) is 8.09. The molecule has 5 nitrogen and oxygen atoms in total. The maximum Gasteiger partial charge on any atom is 0.224 e. The monoisotopic (exact) mass is 343 g/mol. The summed E-state index contributed by atoms with van der Waals surface area (Å²) < 4.78 is 0. The highest BCUT2D eigenvalue weighted by atomic mass is 35.5. The number of rotatable bonds is 7. The number of nitrogens with zero attached hydrogens (tertiary/aromatic N) is 3. The lowest BCUT2D eigenvalue weighted by molar-refractivity contribution is 0.394. The molecule has 126 valence electrons. The molecule has 0 aliphatic rings. The molecule has 3 aromatic rings. The zero-order valence-electron chi connectivity index (χ0n) is 14.0. The smallest absolute Gasteiger partial charge is 0.224 e. The van der Waals surface area contributed by atoms with Gasteiger partial charge in [-0.05, 0) is 56.8 Å². The van der Waals surface area contributed by atoms with E-state index in [-0.39, 0.29) is 5.28 Å². The van der Waals surface area contributed by atoms with Crippen LogP contribution >= 0.6 is 11.6 Å². The van der Waals surface area contributed by atoms with Crippen molar-refractivity contribution in [3.8, 4) is 11.3 Å². The molecule has 1 aromatic carbocycles. The van der Waals surface area contributed by atoms with Crippen LogP contribution in [0.3, 0.4) is 0 Å². The van der Waals surface area contributed by atoms with Crippen molar-refractivity contribution >= 4 is 22.6 Å². The molecule has 0 saturated carbocycles. The summed E-state index contributed by atoms with van der Waals surface area (Å²) in [5, 5.41) is 4.71. The second kappa shape index (κ2) is 7.75. The summed E-state index contributed by atoms with van der Waals surface area (Å²) in [6, 6.07) is 10.4. The van der Waals surface area contributed by atoms with Gasteiger partial charge >= 0.3 is 0 Å². The van der Waals surface area contributed by atoms with Crippen molar-refractivity contribution in [2.75, 3.05) is 27.2 Å². The number of fused-ring (bicyclic) bond motifs is 1. The van der Waals surface area contributed by atoms with Gasteiger partial charge in [-0.3, -0.25) is 0 Å². The minimum absolute atomic E-state index is 0.256. The van der Waals surface area contributed by atoms with Crippen LogP contribution in [0, 0.1) is 0 Å². The Balaban J connectivity index is 1.67. The molecule has 2 heterocycles. The van der Waals surface area contributed by atoms with Crippen molar-refractivity contribution in [2.24, 2.45) is 0 Å². The predicted octanol–water partition coefficient (Wildman–Crippen LogP) is 3.32. The van der Waals surface area contributed by atoms with Crippen molar-refractivity contribution in [2.45, 2.75) is 13.0 Å². The average molecular weight is 344 g/mol. The van der Waals surface area contributed by atoms with Gasteiger partial charge in [0.2, 0.25) is 5.28 Å². The van der Waals surface area contributed by atoms with Crippen LogP contribution in [0.4, 0.5) is 0 Å². The Hall–Kier alpha value is -1.95. The van der Waals surface area contributed by atoms with Crippen LogP contribution in [0.5, 0.6) is 0 Å². The Kier molecular flexibility index (Phi) is 5.45. The van der Waals surface area contributed by atoms with Crippen LogP contribution in [-0.4, -0.2) is 47.0 Å². The molecule has 0 saturated heterocycles. The molecule has 0 aliphatic heterocycles. The maximum atomic E-state index is 6.03. The van der Waals surface area contributed by atoms with Gasteiger partial charge in [0.25, 0.3) is 0 Å². The van der Waals surface area contributed by atoms with Crippen LogP contribution < -0.4 is 5.32 Å². The molecule has 3 rings (SSSR count). The van der Waals surface area contributed by atoms with E-state index in [2.05, 4.69) is 63.5 Å². The topological polar surface area (TPSA) is 56.8 Å². The minimum Gasteiger partial charge on any atom is -0.346 e. The fourth-order valence-corrected chi connectivity index (χ4v) is 2.84. The molecule has 24 heavy (non-hydrogen) atoms. The highest BCUT2D eigenvalue weighted by Crippen LogP contribution is 2.26. The summed E-state index contributed by atoms with van der Waals surface area (Å²) in [6.45, 7) is 3.00. The summed E-state index contributed by atoms with van der Waals surface area (Å²) in [6.07, 6.45) is 3.00. The molecule has 2 aromatic heterocycles. The Morgan fingerprint density at radius 3 is 2.67 bits per heavy atom. The van der Waals surface area contributed by atoms with E-state index in [1.165, 1.54) is 5.56 Å². The Morgan fingerprint density at radius 1 is 1.12 bits per heavy atom. The number of nitrogens with one attached hydrogen (secondary N) is 2. The fourth-order valence-electron chi connectivity index (χ4n) is 2.67. The fraction of sp³-hybridized carbons (Fsp3) is 0.333. The lowest BCUT2D eigenvalue weighted by Gasteiger charge is -2.10. The molecule has 0 amide bonds. The molecule has 0 radical (unpaired) electrons. The van der Waals surface area contributed by atoms with Crippen molar-refractivity contribution in [1.29, 1.82) is 0 Å². The van der Waals surface area contributed by atoms with E-state index < -0.39 is 0 Å². The number of aromatic amines is 1. The lowest BCUT2D eigenvalue weighted by Crippen LogP contribution is -2.20. The van der Waals surface area contributed by atoms with E-state index in [9.17, 15) is 0 Å². The lowest BCUT2D eigenvalue weighted by atomic mass is 10.1. The Morgan fingerprint density at radius 2 is 1.92 bits per heavy atom. The molecule has 0 spiro atoms. The van der Waals surface area contributed by atoms with Crippen LogP contribution in [0.15, 0.2) is 36.5 Å². The Labute approximate surface area is 147 Å². The van der Waals surface area contributed by atoms with Crippen molar-refractivity contribution < 1.29 is 0 Å². The summed E-state index contributed by atoms with van der Waals surface area (Å²) in [4.78, 5) is 13.9. The van der Waals surface area contributed by atoms with Crippen molar-refractivity contribution in [1.82, 2.24) is 25.2 Å². The van der Waals surface area contributed by atoms with Crippen molar-refractivity contribution in [3.05, 3.63) is 47.4 Å². The third-order valence-electron chi connectivity index (χ3n) is 3.90. The third-order valence-corrected chi connectivity index (χ3v) is 4.07. The van der Waals surface area contributed by atoms with Gasteiger partial charge in [-0.25, -0.2) is 4.98 Å². The highest BCUT2D eigenvalue weighted by molar-refractivity contribution is 6.28. The van der Waals surface area contributed by atoms with E-state index in [4.69, 9.17) is 11.6 Å². The number of hydrogen-bond acceptors (Lipinski definition) is 4. The van der Waals surface area contributed by atoms with E-state index in [0.29, 0.717) is 0 Å². The van der Waals surface area contributed by atoms with Gasteiger partial charge in [0.1, 0.15) is 5.65 Å². The van der Waals surface area contributed by atoms with E-state index in [0.717, 1.165) is 48.3 Å². The second-order valence-corrected chi connectivity index (χ2v) is 6.45. The number of H-pyrrole nitrogens is 1. The van der Waals surface area contributed by atoms with E-state index in [1.807, 2.05) is 12.3 Å². The van der Waals surface area contributed by atoms with Crippen molar-refractivity contribution in [3.63, 3.8) is 0 Å². The predicted molar refractivity (Wildman–Crippen MR) is 99.2 cm³/mol. The van der Waals surface area contributed by atoms with E-state index in [1.54, 1.807) is 0 Å². The summed E-state index contributed by atoms with van der Waals surface area (Å²) in [5.74, 6) is 0. The first-order valence-corrected chi connectivity index (χ1v) is 8.46. The highest BCUT2D eigenvalue weighted by Gasteiger charge is 2.09. The zero-order chi connectivity index (χ0) is 16.9. The molecule has 0 fully saturated rings. The SMILES string of the molecule is CN(C)CCCNCc1ccc(-c2nc(Cl)nc3[nH]ccc23)cc1. The first kappa shape index (κ1) is 16.9. The van der Waals surface area contributed by atoms with E-state index >= 15 is 0 Å². The van der Waals surface area contributed by atoms with Crippen LogP contribution in [0.25, 0.3) is 22.3 Å². The van der Waals surface area contributed by atoms with Gasteiger partial charge in [-0.15, -0.1) is 0 Å². The third kappa shape index (κ3) is 4.12. The summed E-state index contributed by atoms with van der Waals surface area (Å²) in [7, 11) is 4.19. The van der Waals surface area contributed by atoms with Crippen LogP contribution in [-0.2, 0) is 6.54 Å². The normalized spacial score (nSPS) is 11.5. The number of hydrogen-bond donors (Lipinski definition) is 2. The maximum absolute atomic E-state index is 6.03. The first-order chi connectivity index (χ1) is 11.6. The molecule has 0 unspecified atom stereocenters. The summed E-state index contributed by atoms with van der Waals surface area (Å²) in [5.41, 5.74) is 3.92. The molecule has 6 heteroatoms. The number of benzene rings is 1. The number of halogens is 1. The van der Waals surface area contributed by atoms with Gasteiger partial charge in [0.05, 0.1) is 5.69 Å². The minimum atomic E-state index is 0.256. The largest absolute Gasteiger partial charge is 0.346 e. The second-order valence-electron chi connectivity index (χ2n) is 6.11. The molecule has 0 aliphatic carbocycles.